The lowest BCUT2D eigenvalue weighted by Crippen LogP contribution is -2.12. The van der Waals surface area contributed by atoms with E-state index in [2.05, 4.69) is 21.9 Å². The van der Waals surface area contributed by atoms with Crippen molar-refractivity contribution in [3.63, 3.8) is 0 Å². The maximum atomic E-state index is 11.5. The molecule has 4 nitrogen and oxygen atoms in total. The molecule has 2 rings (SSSR count). The summed E-state index contributed by atoms with van der Waals surface area (Å²) in [5.74, 6) is 0.0682. The van der Waals surface area contributed by atoms with E-state index in [0.29, 0.717) is 11.6 Å². The van der Waals surface area contributed by atoms with Crippen LogP contribution in [0.25, 0.3) is 0 Å². The first-order chi connectivity index (χ1) is 7.83. The molecule has 1 aliphatic carbocycles. The molecule has 1 heterocycles. The molecular weight excluding hydrogens is 202 g/mol. The molecule has 1 aromatic rings. The van der Waals surface area contributed by atoms with Gasteiger partial charge in [0.1, 0.15) is 0 Å². The van der Waals surface area contributed by atoms with Crippen LogP contribution in [0.2, 0.25) is 0 Å². The summed E-state index contributed by atoms with van der Waals surface area (Å²) in [7, 11) is 0. The van der Waals surface area contributed by atoms with Crippen LogP contribution in [-0.4, -0.2) is 22.8 Å². The first-order valence-corrected chi connectivity index (χ1v) is 5.65. The predicted molar refractivity (Wildman–Crippen MR) is 61.7 cm³/mol. The highest BCUT2D eigenvalue weighted by molar-refractivity contribution is 5.96. The number of nitrogens with zero attached hydrogens (tertiary/aromatic N) is 3. The van der Waals surface area contributed by atoms with Crippen molar-refractivity contribution < 1.29 is 4.79 Å². The Bertz CT molecular complexity index is 397. The van der Waals surface area contributed by atoms with E-state index in [-0.39, 0.29) is 5.91 Å². The van der Waals surface area contributed by atoms with Crippen molar-refractivity contribution in [1.82, 2.24) is 10.2 Å². The van der Waals surface area contributed by atoms with Gasteiger partial charge in [0.05, 0.1) is 0 Å². The molecule has 0 spiro atoms. The topological polar surface area (TPSA) is 55.2 Å². The minimum absolute atomic E-state index is 0.367. The quantitative estimate of drug-likeness (QED) is 0.714. The lowest BCUT2D eigenvalue weighted by molar-refractivity contribution is 0.0996. The first-order valence-electron chi connectivity index (χ1n) is 5.65. The number of amides is 1. The molecule has 1 fully saturated rings. The van der Waals surface area contributed by atoms with Gasteiger partial charge in [-0.25, -0.2) is 4.99 Å². The third-order valence-corrected chi connectivity index (χ3v) is 3.14. The van der Waals surface area contributed by atoms with Crippen LogP contribution in [0.4, 0.5) is 0 Å². The lowest BCUT2D eigenvalue weighted by atomic mass is 9.83. The Morgan fingerprint density at radius 1 is 1.38 bits per heavy atom. The van der Waals surface area contributed by atoms with Crippen LogP contribution in [0.3, 0.4) is 0 Å². The van der Waals surface area contributed by atoms with Crippen molar-refractivity contribution in [2.24, 2.45) is 4.99 Å². The van der Waals surface area contributed by atoms with E-state index in [1.807, 2.05) is 6.07 Å². The van der Waals surface area contributed by atoms with E-state index < -0.39 is 0 Å². The van der Waals surface area contributed by atoms with Gasteiger partial charge >= 0.3 is 0 Å². The summed E-state index contributed by atoms with van der Waals surface area (Å²) in [6.45, 7) is 3.26. The van der Waals surface area contributed by atoms with Gasteiger partial charge in [-0.1, -0.05) is 19.3 Å². The normalized spacial score (nSPS) is 17.0. The molecular formula is C12H15N3O. The SMILES string of the molecule is C=NC(=O)c1nnccc1C1CCCCC1. The molecule has 1 aliphatic rings. The summed E-state index contributed by atoms with van der Waals surface area (Å²) in [4.78, 5) is 15.0. The summed E-state index contributed by atoms with van der Waals surface area (Å²) < 4.78 is 0. The van der Waals surface area contributed by atoms with Gasteiger partial charge < -0.3 is 0 Å². The predicted octanol–water partition coefficient (Wildman–Crippen LogP) is 2.37. The fourth-order valence-electron chi connectivity index (χ4n) is 2.33. The Morgan fingerprint density at radius 3 is 2.81 bits per heavy atom. The molecule has 16 heavy (non-hydrogen) atoms. The average molecular weight is 217 g/mol. The summed E-state index contributed by atoms with van der Waals surface area (Å²) in [6.07, 6.45) is 7.64. The molecule has 1 aromatic heterocycles. The molecule has 0 radical (unpaired) electrons. The molecule has 0 unspecified atom stereocenters. The molecule has 0 N–H and O–H groups in total. The number of rotatable bonds is 2. The number of carbonyl (C=O) groups excluding carboxylic acids is 1. The molecule has 0 aromatic carbocycles. The zero-order valence-corrected chi connectivity index (χ0v) is 9.22. The highest BCUT2D eigenvalue weighted by Crippen LogP contribution is 2.33. The number of hydrogen-bond donors (Lipinski definition) is 0. The van der Waals surface area contributed by atoms with Crippen molar-refractivity contribution in [2.45, 2.75) is 38.0 Å². The van der Waals surface area contributed by atoms with Crippen molar-refractivity contribution in [3.05, 3.63) is 23.5 Å². The fourth-order valence-corrected chi connectivity index (χ4v) is 2.33. The lowest BCUT2D eigenvalue weighted by Gasteiger charge is -2.22. The highest BCUT2D eigenvalue weighted by atomic mass is 16.1. The largest absolute Gasteiger partial charge is 0.297 e. The van der Waals surface area contributed by atoms with Gasteiger partial charge in [-0.2, -0.15) is 5.10 Å². The van der Waals surface area contributed by atoms with Crippen LogP contribution >= 0.6 is 0 Å². The van der Waals surface area contributed by atoms with Crippen LogP contribution in [0.15, 0.2) is 17.3 Å². The average Bonchev–Trinajstić information content (AvgIpc) is 2.39. The highest BCUT2D eigenvalue weighted by Gasteiger charge is 2.22. The summed E-state index contributed by atoms with van der Waals surface area (Å²) in [5, 5.41) is 7.64. The zero-order chi connectivity index (χ0) is 11.4. The van der Waals surface area contributed by atoms with Gasteiger partial charge in [0, 0.05) is 6.20 Å². The molecule has 0 saturated heterocycles. The van der Waals surface area contributed by atoms with E-state index in [0.717, 1.165) is 18.4 Å². The van der Waals surface area contributed by atoms with Crippen LogP contribution in [0, 0.1) is 0 Å². The van der Waals surface area contributed by atoms with Crippen LogP contribution in [0.1, 0.15) is 54.1 Å². The summed E-state index contributed by atoms with van der Waals surface area (Å²) in [5.41, 5.74) is 1.37. The monoisotopic (exact) mass is 217 g/mol. The maximum absolute atomic E-state index is 11.5. The van der Waals surface area contributed by atoms with Gasteiger partial charge in [0.15, 0.2) is 5.69 Å². The fraction of sp³-hybridized carbons (Fsp3) is 0.500. The number of hydrogen-bond acceptors (Lipinski definition) is 3. The van der Waals surface area contributed by atoms with Gasteiger partial charge in [-0.05, 0) is 37.1 Å². The molecule has 1 saturated carbocycles. The second-order valence-corrected chi connectivity index (χ2v) is 4.13. The minimum Gasteiger partial charge on any atom is -0.265 e. The second-order valence-electron chi connectivity index (χ2n) is 4.13. The Balaban J connectivity index is 2.31. The Morgan fingerprint density at radius 2 is 2.12 bits per heavy atom. The van der Waals surface area contributed by atoms with Crippen LogP contribution < -0.4 is 0 Å². The summed E-state index contributed by atoms with van der Waals surface area (Å²) in [6, 6.07) is 1.89. The van der Waals surface area contributed by atoms with Crippen molar-refractivity contribution in [2.75, 3.05) is 0 Å². The van der Waals surface area contributed by atoms with Crippen molar-refractivity contribution in [3.8, 4) is 0 Å². The molecule has 0 atom stereocenters. The molecule has 1 amide bonds. The second kappa shape index (κ2) is 4.96. The summed E-state index contributed by atoms with van der Waals surface area (Å²) >= 11 is 0. The zero-order valence-electron chi connectivity index (χ0n) is 9.22. The van der Waals surface area contributed by atoms with Gasteiger partial charge in [0.25, 0.3) is 5.91 Å². The molecule has 84 valence electrons. The Labute approximate surface area is 94.8 Å². The van der Waals surface area contributed by atoms with Crippen LogP contribution in [0.5, 0.6) is 0 Å². The van der Waals surface area contributed by atoms with E-state index in [9.17, 15) is 4.79 Å². The molecule has 0 bridgehead atoms. The van der Waals surface area contributed by atoms with Gasteiger partial charge in [0.2, 0.25) is 0 Å². The smallest absolute Gasteiger partial charge is 0.265 e. The maximum Gasteiger partial charge on any atom is 0.297 e. The number of aromatic nitrogens is 2. The third-order valence-electron chi connectivity index (χ3n) is 3.14. The Hall–Kier alpha value is -1.58. The van der Waals surface area contributed by atoms with E-state index in [1.54, 1.807) is 6.20 Å². The number of aliphatic imine (C=N–C) groups is 1. The van der Waals surface area contributed by atoms with Crippen molar-refractivity contribution in [1.29, 1.82) is 0 Å². The van der Waals surface area contributed by atoms with Crippen LogP contribution in [-0.2, 0) is 0 Å². The first kappa shape index (κ1) is 10.9. The molecule has 0 aliphatic heterocycles. The minimum atomic E-state index is -0.367. The van der Waals surface area contributed by atoms with E-state index >= 15 is 0 Å². The number of carbonyl (C=O) groups is 1. The third kappa shape index (κ3) is 2.15. The Kier molecular flexibility index (Phi) is 3.39. The van der Waals surface area contributed by atoms with Gasteiger partial charge in [-0.3, -0.25) is 4.79 Å². The van der Waals surface area contributed by atoms with Gasteiger partial charge in [-0.15, -0.1) is 5.10 Å². The molecule has 4 heteroatoms. The van der Waals surface area contributed by atoms with E-state index in [1.165, 1.54) is 19.3 Å². The van der Waals surface area contributed by atoms with Crippen molar-refractivity contribution >= 4 is 12.6 Å². The standard InChI is InChI=1S/C12H15N3O/c1-13-12(16)11-10(7-8-14-15-11)9-5-3-2-4-6-9/h7-9H,1-6H2. The van der Waals surface area contributed by atoms with E-state index in [4.69, 9.17) is 0 Å².